The molecule has 0 saturated heterocycles. The molecule has 1 aromatic carbocycles. The number of hydrogen-bond acceptors (Lipinski definition) is 2. The molecule has 2 aromatic rings. The van der Waals surface area contributed by atoms with Gasteiger partial charge in [-0.1, -0.05) is 6.92 Å². The molecule has 0 fully saturated rings. The summed E-state index contributed by atoms with van der Waals surface area (Å²) >= 11 is 6.19. The van der Waals surface area contributed by atoms with Crippen molar-refractivity contribution >= 4 is 55.8 Å². The summed E-state index contributed by atoms with van der Waals surface area (Å²) < 4.78 is 2.83. The lowest BCUT2D eigenvalue weighted by molar-refractivity contribution is 1.19. The van der Waals surface area contributed by atoms with Gasteiger partial charge in [-0.05, 0) is 53.5 Å². The zero-order valence-electron chi connectivity index (χ0n) is 8.13. The molecule has 0 amide bonds. The van der Waals surface area contributed by atoms with E-state index in [2.05, 4.69) is 54.0 Å². The molecule has 0 atom stereocenters. The number of aryl methyl sites for hydroxylation is 1. The van der Waals surface area contributed by atoms with Gasteiger partial charge in [0.15, 0.2) is 0 Å². The van der Waals surface area contributed by atoms with Crippen LogP contribution in [0.2, 0.25) is 0 Å². The first kappa shape index (κ1) is 10.8. The number of benzene rings is 1. The zero-order chi connectivity index (χ0) is 10.1. The number of halogens is 1. The van der Waals surface area contributed by atoms with Crippen molar-refractivity contribution in [1.82, 2.24) is 0 Å². The van der Waals surface area contributed by atoms with Crippen molar-refractivity contribution in [1.29, 1.82) is 0 Å². The Hall–Kier alpha value is 0.260. The van der Waals surface area contributed by atoms with Crippen molar-refractivity contribution in [2.45, 2.75) is 18.2 Å². The van der Waals surface area contributed by atoms with E-state index in [1.807, 2.05) is 23.1 Å². The first-order valence-electron chi connectivity index (χ1n) is 4.51. The second-order valence-electron chi connectivity index (χ2n) is 3.06. The van der Waals surface area contributed by atoms with Crippen LogP contribution in [0.1, 0.15) is 11.8 Å². The third kappa shape index (κ3) is 1.82. The number of thiophene rings is 1. The second-order valence-corrected chi connectivity index (χ2v) is 6.21. The van der Waals surface area contributed by atoms with Crippen molar-refractivity contribution in [2.75, 3.05) is 6.26 Å². The Labute approximate surface area is 106 Å². The van der Waals surface area contributed by atoms with Crippen molar-refractivity contribution in [3.8, 4) is 0 Å². The van der Waals surface area contributed by atoms with Crippen LogP contribution in [0.3, 0.4) is 0 Å². The summed E-state index contributed by atoms with van der Waals surface area (Å²) in [6.07, 6.45) is 3.29. The average Bonchev–Trinajstić information content (AvgIpc) is 2.63. The predicted molar refractivity (Wildman–Crippen MR) is 75.7 cm³/mol. The molecule has 0 bridgehead atoms. The van der Waals surface area contributed by atoms with Gasteiger partial charge in [-0.2, -0.15) is 0 Å². The number of thioether (sulfide) groups is 1. The molecule has 0 spiro atoms. The van der Waals surface area contributed by atoms with Gasteiger partial charge in [0.05, 0.1) is 0 Å². The highest BCUT2D eigenvalue weighted by atomic mass is 127. The summed E-state index contributed by atoms with van der Waals surface area (Å²) in [5.41, 5.74) is 0. The fraction of sp³-hybridized carbons (Fsp3) is 0.273. The summed E-state index contributed by atoms with van der Waals surface area (Å²) in [6, 6.07) is 6.77. The molecule has 0 aliphatic rings. The summed E-state index contributed by atoms with van der Waals surface area (Å²) in [5, 5.41) is 1.43. The van der Waals surface area contributed by atoms with E-state index < -0.39 is 0 Å². The van der Waals surface area contributed by atoms with E-state index in [0.29, 0.717) is 0 Å². The lowest BCUT2D eigenvalue weighted by Gasteiger charge is -1.99. The fourth-order valence-corrected chi connectivity index (χ4v) is 4.15. The minimum absolute atomic E-state index is 1.14. The Bertz CT molecular complexity index is 460. The molecular weight excluding hydrogens is 323 g/mol. The molecule has 0 N–H and O–H groups in total. The van der Waals surface area contributed by atoms with E-state index >= 15 is 0 Å². The summed E-state index contributed by atoms with van der Waals surface area (Å²) in [5.74, 6) is 0. The zero-order valence-corrected chi connectivity index (χ0v) is 11.9. The molecule has 14 heavy (non-hydrogen) atoms. The highest BCUT2D eigenvalue weighted by molar-refractivity contribution is 14.1. The minimum atomic E-state index is 1.14. The van der Waals surface area contributed by atoms with E-state index in [1.165, 1.54) is 23.4 Å². The predicted octanol–water partition coefficient (Wildman–Crippen LogP) is 4.79. The van der Waals surface area contributed by atoms with Crippen LogP contribution in [0.25, 0.3) is 10.1 Å². The van der Waals surface area contributed by atoms with Gasteiger partial charge in [0.2, 0.25) is 0 Å². The minimum Gasteiger partial charge on any atom is -0.139 e. The molecule has 3 heteroatoms. The van der Waals surface area contributed by atoms with Gasteiger partial charge in [-0.25, -0.2) is 0 Å². The highest BCUT2D eigenvalue weighted by Gasteiger charge is 2.07. The van der Waals surface area contributed by atoms with Crippen LogP contribution >= 0.6 is 45.7 Å². The average molecular weight is 334 g/mol. The number of rotatable bonds is 2. The molecule has 1 aromatic heterocycles. The van der Waals surface area contributed by atoms with E-state index in [9.17, 15) is 0 Å². The van der Waals surface area contributed by atoms with Crippen LogP contribution in [-0.4, -0.2) is 6.26 Å². The van der Waals surface area contributed by atoms with Gasteiger partial charge in [0.25, 0.3) is 0 Å². The molecular formula is C11H11IS2. The summed E-state index contributed by atoms with van der Waals surface area (Å²) in [7, 11) is 0. The van der Waals surface area contributed by atoms with Gasteiger partial charge >= 0.3 is 0 Å². The molecule has 0 aliphatic heterocycles. The van der Waals surface area contributed by atoms with Gasteiger partial charge in [0.1, 0.15) is 0 Å². The summed E-state index contributed by atoms with van der Waals surface area (Å²) in [6.45, 7) is 2.22. The molecule has 74 valence electrons. The second kappa shape index (κ2) is 4.41. The number of fused-ring (bicyclic) bond motifs is 1. The first-order valence-corrected chi connectivity index (χ1v) is 7.63. The van der Waals surface area contributed by atoms with E-state index in [1.54, 1.807) is 0 Å². The lowest BCUT2D eigenvalue weighted by Crippen LogP contribution is -1.74. The highest BCUT2D eigenvalue weighted by Crippen LogP contribution is 2.36. The third-order valence-corrected chi connectivity index (χ3v) is 5.38. The van der Waals surface area contributed by atoms with Crippen molar-refractivity contribution < 1.29 is 0 Å². The van der Waals surface area contributed by atoms with Gasteiger partial charge in [0, 0.05) is 23.4 Å². The van der Waals surface area contributed by atoms with Gasteiger partial charge in [-0.3, -0.25) is 0 Å². The Morgan fingerprint density at radius 2 is 2.21 bits per heavy atom. The molecule has 0 saturated carbocycles. The molecule has 0 nitrogen and oxygen atoms in total. The number of hydrogen-bond donors (Lipinski definition) is 0. The largest absolute Gasteiger partial charge is 0.139 e. The van der Waals surface area contributed by atoms with E-state index in [4.69, 9.17) is 0 Å². The van der Waals surface area contributed by atoms with Crippen molar-refractivity contribution in [3.63, 3.8) is 0 Å². The van der Waals surface area contributed by atoms with Gasteiger partial charge in [-0.15, -0.1) is 23.1 Å². The van der Waals surface area contributed by atoms with Crippen LogP contribution in [-0.2, 0) is 6.42 Å². The molecule has 0 aliphatic carbocycles. The Kier molecular flexibility index (Phi) is 3.39. The maximum atomic E-state index is 2.42. The maximum Gasteiger partial charge on any atom is 0.0492 e. The van der Waals surface area contributed by atoms with Crippen molar-refractivity contribution in [2.24, 2.45) is 0 Å². The Morgan fingerprint density at radius 1 is 1.43 bits per heavy atom. The lowest BCUT2D eigenvalue weighted by atomic mass is 10.2. The first-order chi connectivity index (χ1) is 6.76. The topological polar surface area (TPSA) is 0 Å². The Morgan fingerprint density at radius 3 is 2.86 bits per heavy atom. The summed E-state index contributed by atoms with van der Waals surface area (Å²) in [4.78, 5) is 2.89. The van der Waals surface area contributed by atoms with E-state index in [-0.39, 0.29) is 0 Å². The fourth-order valence-electron chi connectivity index (χ4n) is 1.45. The van der Waals surface area contributed by atoms with Crippen LogP contribution in [0.5, 0.6) is 0 Å². The Balaban J connectivity index is 2.74. The quantitative estimate of drug-likeness (QED) is 0.562. The van der Waals surface area contributed by atoms with Crippen molar-refractivity contribution in [3.05, 3.63) is 26.6 Å². The SMILES string of the molecule is CCc1cc2c(I)ccc(SC)c2s1. The third-order valence-electron chi connectivity index (χ3n) is 2.21. The standard InChI is InChI=1S/C11H11IS2/c1-3-7-6-8-9(12)4-5-10(13-2)11(8)14-7/h4-6H,3H2,1-2H3. The normalized spacial score (nSPS) is 11.1. The smallest absolute Gasteiger partial charge is 0.0492 e. The van der Waals surface area contributed by atoms with Gasteiger partial charge < -0.3 is 0 Å². The molecule has 2 rings (SSSR count). The monoisotopic (exact) mass is 334 g/mol. The van der Waals surface area contributed by atoms with Crippen LogP contribution in [0, 0.1) is 3.57 Å². The van der Waals surface area contributed by atoms with Crippen LogP contribution < -0.4 is 0 Å². The molecule has 0 unspecified atom stereocenters. The van der Waals surface area contributed by atoms with E-state index in [0.717, 1.165) is 6.42 Å². The van der Waals surface area contributed by atoms with Crippen LogP contribution in [0.15, 0.2) is 23.1 Å². The molecule has 1 heterocycles. The molecule has 0 radical (unpaired) electrons. The maximum absolute atomic E-state index is 2.42. The van der Waals surface area contributed by atoms with Crippen LogP contribution in [0.4, 0.5) is 0 Å².